The van der Waals surface area contributed by atoms with Gasteiger partial charge < -0.3 is 10.1 Å². The van der Waals surface area contributed by atoms with E-state index in [0.29, 0.717) is 23.1 Å². The second-order valence-electron chi connectivity index (χ2n) is 7.35. The minimum absolute atomic E-state index is 0.340. The molecule has 0 amide bonds. The molecular formula is C15H27NO. The Bertz CT molecular complexity index is 281. The standard InChI is InChI=1S/C15H27NO/c1-14(2)9-6-13-12(10-14)16-15(11-17-13)7-4-3-5-8-15/h12-13,16H,3-11H2,1-2H3. The Morgan fingerprint density at radius 2 is 1.82 bits per heavy atom. The van der Waals surface area contributed by atoms with Gasteiger partial charge in [-0.3, -0.25) is 0 Å². The summed E-state index contributed by atoms with van der Waals surface area (Å²) in [7, 11) is 0. The van der Waals surface area contributed by atoms with E-state index in [9.17, 15) is 0 Å². The van der Waals surface area contributed by atoms with E-state index in [1.165, 1.54) is 51.4 Å². The normalized spacial score (nSPS) is 39.9. The molecule has 1 heterocycles. The van der Waals surface area contributed by atoms with E-state index in [4.69, 9.17) is 4.74 Å². The molecule has 0 aromatic carbocycles. The molecule has 3 fully saturated rings. The summed E-state index contributed by atoms with van der Waals surface area (Å²) in [5.74, 6) is 0. The molecule has 2 heteroatoms. The number of hydrogen-bond acceptors (Lipinski definition) is 2. The number of hydrogen-bond donors (Lipinski definition) is 1. The summed E-state index contributed by atoms with van der Waals surface area (Å²) < 4.78 is 6.21. The molecule has 0 aromatic rings. The molecule has 1 saturated heterocycles. The summed E-state index contributed by atoms with van der Waals surface area (Å²) in [5.41, 5.74) is 0.845. The van der Waals surface area contributed by atoms with Gasteiger partial charge in [-0.1, -0.05) is 33.1 Å². The zero-order chi connectivity index (χ0) is 11.9. The lowest BCUT2D eigenvalue weighted by Gasteiger charge is -2.52. The summed E-state index contributed by atoms with van der Waals surface area (Å²) in [4.78, 5) is 0. The molecule has 0 aromatic heterocycles. The van der Waals surface area contributed by atoms with Gasteiger partial charge in [0.15, 0.2) is 0 Å². The largest absolute Gasteiger partial charge is 0.375 e. The maximum absolute atomic E-state index is 6.21. The Morgan fingerprint density at radius 1 is 1.06 bits per heavy atom. The molecule has 17 heavy (non-hydrogen) atoms. The summed E-state index contributed by atoms with van der Waals surface area (Å²) >= 11 is 0. The van der Waals surface area contributed by atoms with E-state index in [1.54, 1.807) is 0 Å². The van der Waals surface area contributed by atoms with Crippen LogP contribution in [0.4, 0.5) is 0 Å². The summed E-state index contributed by atoms with van der Waals surface area (Å²) in [6, 6.07) is 0.616. The fourth-order valence-electron chi connectivity index (χ4n) is 4.13. The zero-order valence-electron chi connectivity index (χ0n) is 11.4. The van der Waals surface area contributed by atoms with E-state index in [-0.39, 0.29) is 0 Å². The third-order valence-electron chi connectivity index (χ3n) is 5.20. The Balaban J connectivity index is 1.70. The second-order valence-corrected chi connectivity index (χ2v) is 7.35. The van der Waals surface area contributed by atoms with Gasteiger partial charge in [0, 0.05) is 11.6 Å². The van der Waals surface area contributed by atoms with Crippen LogP contribution in [0.15, 0.2) is 0 Å². The van der Waals surface area contributed by atoms with Crippen molar-refractivity contribution < 1.29 is 4.74 Å². The molecule has 3 aliphatic rings. The highest BCUT2D eigenvalue weighted by Crippen LogP contribution is 2.41. The van der Waals surface area contributed by atoms with Gasteiger partial charge in [-0.25, -0.2) is 0 Å². The first-order valence-corrected chi connectivity index (χ1v) is 7.48. The van der Waals surface area contributed by atoms with Gasteiger partial charge in [-0.05, 0) is 37.5 Å². The molecule has 1 aliphatic heterocycles. The van der Waals surface area contributed by atoms with Gasteiger partial charge in [0.1, 0.15) is 0 Å². The lowest BCUT2D eigenvalue weighted by Crippen LogP contribution is -2.65. The van der Waals surface area contributed by atoms with Crippen LogP contribution in [0.3, 0.4) is 0 Å². The molecular weight excluding hydrogens is 210 g/mol. The van der Waals surface area contributed by atoms with Gasteiger partial charge in [-0.15, -0.1) is 0 Å². The van der Waals surface area contributed by atoms with Crippen LogP contribution >= 0.6 is 0 Å². The number of fused-ring (bicyclic) bond motifs is 1. The maximum Gasteiger partial charge on any atom is 0.0729 e. The SMILES string of the molecule is CC1(C)CCC2OCC3(CCCCC3)NC2C1. The van der Waals surface area contributed by atoms with E-state index >= 15 is 0 Å². The van der Waals surface area contributed by atoms with E-state index in [2.05, 4.69) is 19.2 Å². The van der Waals surface area contributed by atoms with Crippen LogP contribution < -0.4 is 5.32 Å². The molecule has 0 radical (unpaired) electrons. The van der Waals surface area contributed by atoms with Crippen molar-refractivity contribution in [2.75, 3.05) is 6.61 Å². The maximum atomic E-state index is 6.21. The molecule has 2 unspecified atom stereocenters. The summed E-state index contributed by atoms with van der Waals surface area (Å²) in [6.45, 7) is 5.79. The van der Waals surface area contributed by atoms with E-state index in [1.807, 2.05) is 0 Å². The number of morpholine rings is 1. The molecule has 2 aliphatic carbocycles. The van der Waals surface area contributed by atoms with Crippen molar-refractivity contribution in [3.8, 4) is 0 Å². The van der Waals surface area contributed by atoms with Crippen LogP contribution in [0.2, 0.25) is 0 Å². The predicted octanol–water partition coefficient (Wildman–Crippen LogP) is 3.26. The van der Waals surface area contributed by atoms with Crippen LogP contribution in [0.5, 0.6) is 0 Å². The summed E-state index contributed by atoms with van der Waals surface area (Å²) in [5, 5.41) is 4.00. The Hall–Kier alpha value is -0.0800. The van der Waals surface area contributed by atoms with Crippen molar-refractivity contribution >= 4 is 0 Å². The Morgan fingerprint density at radius 3 is 2.59 bits per heavy atom. The minimum Gasteiger partial charge on any atom is -0.375 e. The molecule has 2 nitrogen and oxygen atoms in total. The molecule has 3 rings (SSSR count). The van der Waals surface area contributed by atoms with Gasteiger partial charge in [-0.2, -0.15) is 0 Å². The number of nitrogens with one attached hydrogen (secondary N) is 1. The van der Waals surface area contributed by atoms with Crippen molar-refractivity contribution in [1.29, 1.82) is 0 Å². The highest BCUT2D eigenvalue weighted by Gasteiger charge is 2.45. The van der Waals surface area contributed by atoms with Crippen molar-refractivity contribution in [3.05, 3.63) is 0 Å². The Kier molecular flexibility index (Phi) is 2.99. The molecule has 2 atom stereocenters. The first-order valence-electron chi connectivity index (χ1n) is 7.48. The first kappa shape index (κ1) is 12.0. The third-order valence-corrected chi connectivity index (χ3v) is 5.20. The number of rotatable bonds is 0. The first-order chi connectivity index (χ1) is 8.09. The molecule has 0 bridgehead atoms. The van der Waals surface area contributed by atoms with Crippen molar-refractivity contribution in [2.24, 2.45) is 5.41 Å². The fourth-order valence-corrected chi connectivity index (χ4v) is 4.13. The van der Waals surface area contributed by atoms with Gasteiger partial charge in [0.05, 0.1) is 12.7 Å². The van der Waals surface area contributed by atoms with Gasteiger partial charge in [0.25, 0.3) is 0 Å². The smallest absolute Gasteiger partial charge is 0.0729 e. The van der Waals surface area contributed by atoms with E-state index < -0.39 is 0 Å². The fraction of sp³-hybridized carbons (Fsp3) is 1.00. The second kappa shape index (κ2) is 4.24. The minimum atomic E-state index is 0.340. The van der Waals surface area contributed by atoms with Crippen LogP contribution in [0.1, 0.15) is 65.2 Å². The summed E-state index contributed by atoms with van der Waals surface area (Å²) in [6.07, 6.45) is 11.2. The van der Waals surface area contributed by atoms with Crippen LogP contribution in [-0.4, -0.2) is 24.3 Å². The zero-order valence-corrected chi connectivity index (χ0v) is 11.4. The topological polar surface area (TPSA) is 21.3 Å². The predicted molar refractivity (Wildman–Crippen MR) is 70.1 cm³/mol. The monoisotopic (exact) mass is 237 g/mol. The molecule has 1 N–H and O–H groups in total. The average molecular weight is 237 g/mol. The molecule has 2 saturated carbocycles. The molecule has 1 spiro atoms. The number of ether oxygens (including phenoxy) is 1. The average Bonchev–Trinajstić information content (AvgIpc) is 2.28. The molecule has 98 valence electrons. The van der Waals surface area contributed by atoms with Gasteiger partial charge >= 0.3 is 0 Å². The van der Waals surface area contributed by atoms with E-state index in [0.717, 1.165) is 6.61 Å². The van der Waals surface area contributed by atoms with Crippen molar-refractivity contribution in [3.63, 3.8) is 0 Å². The highest BCUT2D eigenvalue weighted by molar-refractivity contribution is 5.02. The van der Waals surface area contributed by atoms with Crippen LogP contribution in [0.25, 0.3) is 0 Å². The lowest BCUT2D eigenvalue weighted by atomic mass is 9.71. The van der Waals surface area contributed by atoms with Gasteiger partial charge in [0.2, 0.25) is 0 Å². The quantitative estimate of drug-likeness (QED) is 0.698. The van der Waals surface area contributed by atoms with Crippen molar-refractivity contribution in [2.45, 2.75) is 82.9 Å². The van der Waals surface area contributed by atoms with Crippen molar-refractivity contribution in [1.82, 2.24) is 5.32 Å². The van der Waals surface area contributed by atoms with Crippen LogP contribution in [0, 0.1) is 5.41 Å². The Labute approximate surface area is 105 Å². The lowest BCUT2D eigenvalue weighted by molar-refractivity contribution is -0.103. The highest BCUT2D eigenvalue weighted by atomic mass is 16.5. The third kappa shape index (κ3) is 2.39. The van der Waals surface area contributed by atoms with Crippen LogP contribution in [-0.2, 0) is 4.74 Å².